The molecule has 4 saturated carbocycles. The van der Waals surface area contributed by atoms with Crippen LogP contribution in [0.4, 0.5) is 26.3 Å². The van der Waals surface area contributed by atoms with E-state index < -0.39 is 47.5 Å². The molecule has 0 aromatic heterocycles. The first-order valence-electron chi connectivity index (χ1n) is 10.1. The summed E-state index contributed by atoms with van der Waals surface area (Å²) in [4.78, 5) is 24.5. The Balaban J connectivity index is 1.42. The zero-order chi connectivity index (χ0) is 22.6. The van der Waals surface area contributed by atoms with Crippen LogP contribution < -0.4 is 5.32 Å². The van der Waals surface area contributed by atoms with Gasteiger partial charge in [-0.05, 0) is 74.5 Å². The molecule has 0 saturated heterocycles. The Bertz CT molecular complexity index is 825. The molecule has 170 valence electrons. The number of alkyl halides is 6. The third-order valence-electron chi connectivity index (χ3n) is 6.60. The Hall–Kier alpha value is -2.26. The van der Waals surface area contributed by atoms with Gasteiger partial charge in [0.15, 0.2) is 6.61 Å². The van der Waals surface area contributed by atoms with E-state index in [0.717, 1.165) is 38.5 Å². The Morgan fingerprint density at radius 1 is 0.871 bits per heavy atom. The van der Waals surface area contributed by atoms with E-state index in [1.807, 2.05) is 0 Å². The van der Waals surface area contributed by atoms with E-state index >= 15 is 0 Å². The standard InChI is InChI=1S/C21H21F6NO3/c22-20(23,24)15-4-14(5-16(6-15)21(25,26)27)18(30)31-10-17(29)28-19-7-11-1-12(8-19)3-13(2-11)9-19/h4-6,11-13H,1-3,7-10H2,(H,28,29). The molecule has 1 aromatic rings. The van der Waals surface area contributed by atoms with Gasteiger partial charge in [0, 0.05) is 5.54 Å². The molecular formula is C21H21F6NO3. The third-order valence-corrected chi connectivity index (χ3v) is 6.60. The van der Waals surface area contributed by atoms with Gasteiger partial charge < -0.3 is 10.1 Å². The molecule has 0 spiro atoms. The topological polar surface area (TPSA) is 55.4 Å². The lowest BCUT2D eigenvalue weighted by Crippen LogP contribution is -2.60. The normalized spacial score (nSPS) is 29.7. The molecule has 4 aliphatic rings. The van der Waals surface area contributed by atoms with Gasteiger partial charge in [-0.2, -0.15) is 26.3 Å². The van der Waals surface area contributed by atoms with Gasteiger partial charge in [0.1, 0.15) is 0 Å². The fourth-order valence-corrected chi connectivity index (χ4v) is 5.88. The molecule has 5 rings (SSSR count). The van der Waals surface area contributed by atoms with Gasteiger partial charge >= 0.3 is 18.3 Å². The molecule has 0 radical (unpaired) electrons. The molecule has 0 aliphatic heterocycles. The van der Waals surface area contributed by atoms with Crippen molar-refractivity contribution in [1.29, 1.82) is 0 Å². The summed E-state index contributed by atoms with van der Waals surface area (Å²) in [7, 11) is 0. The summed E-state index contributed by atoms with van der Waals surface area (Å²) in [6.45, 7) is -0.766. The fraction of sp³-hybridized carbons (Fsp3) is 0.619. The minimum atomic E-state index is -5.08. The van der Waals surface area contributed by atoms with Crippen molar-refractivity contribution in [2.75, 3.05) is 6.61 Å². The first kappa shape index (κ1) is 22.0. The minimum absolute atomic E-state index is 0.0729. The van der Waals surface area contributed by atoms with E-state index in [0.29, 0.717) is 17.8 Å². The zero-order valence-electron chi connectivity index (χ0n) is 16.4. The second kappa shape index (κ2) is 7.41. The molecule has 10 heteroatoms. The lowest BCUT2D eigenvalue weighted by Gasteiger charge is -2.56. The van der Waals surface area contributed by atoms with Gasteiger partial charge in [-0.15, -0.1) is 0 Å². The van der Waals surface area contributed by atoms with Crippen molar-refractivity contribution in [2.24, 2.45) is 17.8 Å². The molecule has 4 nitrogen and oxygen atoms in total. The van der Waals surface area contributed by atoms with E-state index in [1.165, 1.54) is 0 Å². The Morgan fingerprint density at radius 2 is 1.32 bits per heavy atom. The van der Waals surface area contributed by atoms with Gasteiger partial charge in [-0.3, -0.25) is 4.79 Å². The van der Waals surface area contributed by atoms with Crippen molar-refractivity contribution in [1.82, 2.24) is 5.32 Å². The van der Waals surface area contributed by atoms with Gasteiger partial charge in [-0.1, -0.05) is 0 Å². The SMILES string of the molecule is O=C(COC(=O)c1cc(C(F)(F)F)cc(C(F)(F)F)c1)NC12CC3CC(CC(C3)C1)C2. The average Bonchev–Trinajstić information content (AvgIpc) is 2.63. The van der Waals surface area contributed by atoms with Crippen LogP contribution in [0.15, 0.2) is 18.2 Å². The molecule has 31 heavy (non-hydrogen) atoms. The van der Waals surface area contributed by atoms with E-state index in [4.69, 9.17) is 4.74 Å². The van der Waals surface area contributed by atoms with Gasteiger partial charge in [0.2, 0.25) is 0 Å². The van der Waals surface area contributed by atoms with E-state index in [-0.39, 0.29) is 23.7 Å². The number of carbonyl (C=O) groups is 2. The number of amides is 1. The number of hydrogen-bond acceptors (Lipinski definition) is 3. The molecule has 0 unspecified atom stereocenters. The van der Waals surface area contributed by atoms with E-state index in [1.54, 1.807) is 0 Å². The summed E-state index contributed by atoms with van der Waals surface area (Å²) < 4.78 is 82.4. The Morgan fingerprint density at radius 3 is 1.74 bits per heavy atom. The highest BCUT2D eigenvalue weighted by Crippen LogP contribution is 2.55. The van der Waals surface area contributed by atoms with Gasteiger partial charge in [0.05, 0.1) is 16.7 Å². The van der Waals surface area contributed by atoms with Crippen LogP contribution in [0.5, 0.6) is 0 Å². The number of rotatable bonds is 4. The third kappa shape index (κ3) is 4.67. The predicted molar refractivity (Wildman–Crippen MR) is 95.8 cm³/mol. The van der Waals surface area contributed by atoms with Crippen molar-refractivity contribution in [3.05, 3.63) is 34.9 Å². The predicted octanol–water partition coefficient (Wildman–Crippen LogP) is 4.97. The van der Waals surface area contributed by atoms with Crippen molar-refractivity contribution >= 4 is 11.9 Å². The molecule has 1 N–H and O–H groups in total. The van der Waals surface area contributed by atoms with Crippen molar-refractivity contribution in [3.8, 4) is 0 Å². The second-order valence-corrected chi connectivity index (χ2v) is 9.12. The summed E-state index contributed by atoms with van der Waals surface area (Å²) >= 11 is 0. The number of halogens is 6. The molecule has 1 amide bonds. The lowest BCUT2D eigenvalue weighted by molar-refractivity contribution is -0.143. The molecule has 4 aliphatic carbocycles. The lowest BCUT2D eigenvalue weighted by atomic mass is 9.53. The maximum Gasteiger partial charge on any atom is 0.416 e. The smallest absolute Gasteiger partial charge is 0.416 e. The van der Waals surface area contributed by atoms with Crippen molar-refractivity contribution in [2.45, 2.75) is 56.4 Å². The summed E-state index contributed by atoms with van der Waals surface area (Å²) in [6, 6.07) is 0.500. The van der Waals surface area contributed by atoms with Crippen LogP contribution in [-0.2, 0) is 21.9 Å². The van der Waals surface area contributed by atoms with Crippen LogP contribution in [0, 0.1) is 17.8 Å². The van der Waals surface area contributed by atoms with Gasteiger partial charge in [-0.25, -0.2) is 4.79 Å². The summed E-state index contributed by atoms with van der Waals surface area (Å²) in [5.74, 6) is -0.351. The second-order valence-electron chi connectivity index (χ2n) is 9.12. The van der Waals surface area contributed by atoms with E-state index in [9.17, 15) is 35.9 Å². The number of nitrogens with one attached hydrogen (secondary N) is 1. The average molecular weight is 449 g/mol. The van der Waals surface area contributed by atoms with Crippen molar-refractivity contribution in [3.63, 3.8) is 0 Å². The quantitative estimate of drug-likeness (QED) is 0.522. The summed E-state index contributed by atoms with van der Waals surface area (Å²) in [5.41, 5.74) is -4.50. The zero-order valence-corrected chi connectivity index (χ0v) is 16.4. The number of ether oxygens (including phenoxy) is 1. The largest absolute Gasteiger partial charge is 0.452 e. The number of esters is 1. The van der Waals surface area contributed by atoms with Crippen LogP contribution in [0.2, 0.25) is 0 Å². The van der Waals surface area contributed by atoms with Crippen LogP contribution >= 0.6 is 0 Å². The van der Waals surface area contributed by atoms with Crippen LogP contribution in [0.25, 0.3) is 0 Å². The molecule has 0 heterocycles. The first-order chi connectivity index (χ1) is 14.3. The maximum absolute atomic E-state index is 12.9. The van der Waals surface area contributed by atoms with Gasteiger partial charge in [0.25, 0.3) is 5.91 Å². The monoisotopic (exact) mass is 449 g/mol. The summed E-state index contributed by atoms with van der Waals surface area (Å²) in [6.07, 6.45) is -4.15. The highest BCUT2D eigenvalue weighted by Gasteiger charge is 2.51. The Labute approximate surface area is 174 Å². The number of hydrogen-bond donors (Lipinski definition) is 1. The summed E-state index contributed by atoms with van der Waals surface area (Å²) in [5, 5.41) is 2.93. The number of carbonyl (C=O) groups excluding carboxylic acids is 2. The van der Waals surface area contributed by atoms with Crippen LogP contribution in [-0.4, -0.2) is 24.0 Å². The molecule has 1 aromatic carbocycles. The van der Waals surface area contributed by atoms with E-state index in [2.05, 4.69) is 5.32 Å². The maximum atomic E-state index is 12.9. The highest BCUT2D eigenvalue weighted by molar-refractivity contribution is 5.92. The molecule has 4 bridgehead atoms. The molecule has 4 fully saturated rings. The number of benzene rings is 1. The highest BCUT2D eigenvalue weighted by atomic mass is 19.4. The Kier molecular flexibility index (Phi) is 5.25. The minimum Gasteiger partial charge on any atom is -0.452 e. The van der Waals surface area contributed by atoms with Crippen LogP contribution in [0.3, 0.4) is 0 Å². The van der Waals surface area contributed by atoms with Crippen molar-refractivity contribution < 1.29 is 40.7 Å². The molecular weight excluding hydrogens is 428 g/mol. The molecule has 0 atom stereocenters. The van der Waals surface area contributed by atoms with Crippen LogP contribution in [0.1, 0.15) is 60.0 Å². The fourth-order valence-electron chi connectivity index (χ4n) is 5.88. The first-order valence-corrected chi connectivity index (χ1v) is 10.1.